The summed E-state index contributed by atoms with van der Waals surface area (Å²) >= 11 is 0. The minimum absolute atomic E-state index is 0.187. The number of hydrogen-bond acceptors (Lipinski definition) is 3. The Bertz CT molecular complexity index is 397. The van der Waals surface area contributed by atoms with Gasteiger partial charge in [-0.15, -0.1) is 0 Å². The Labute approximate surface area is 74.5 Å². The van der Waals surface area contributed by atoms with Gasteiger partial charge in [-0.3, -0.25) is 0 Å². The van der Waals surface area contributed by atoms with E-state index in [0.717, 1.165) is 6.07 Å². The zero-order valence-electron chi connectivity index (χ0n) is 6.75. The number of fused-ring (bicyclic) bond motifs is 1. The molecule has 4 heteroatoms. The maximum absolute atomic E-state index is 13.2. The quantitative estimate of drug-likeness (QED) is 0.646. The lowest BCUT2D eigenvalue weighted by Crippen LogP contribution is -2.10. The van der Waals surface area contributed by atoms with Crippen LogP contribution in [0.25, 0.3) is 0 Å². The van der Waals surface area contributed by atoms with Gasteiger partial charge in [0.2, 0.25) is 0 Å². The highest BCUT2D eigenvalue weighted by molar-refractivity contribution is 5.46. The van der Waals surface area contributed by atoms with Crippen molar-refractivity contribution < 1.29 is 9.13 Å². The van der Waals surface area contributed by atoms with Crippen LogP contribution in [-0.4, -0.2) is 6.61 Å². The normalized spacial score (nSPS) is 19.0. The second-order valence-electron chi connectivity index (χ2n) is 2.91. The molecule has 0 saturated carbocycles. The maximum atomic E-state index is 13.2. The first-order chi connectivity index (χ1) is 6.22. The first kappa shape index (κ1) is 8.02. The number of hydrogen-bond donors (Lipinski definition) is 1. The highest BCUT2D eigenvalue weighted by Crippen LogP contribution is 2.34. The van der Waals surface area contributed by atoms with Gasteiger partial charge in [-0.2, -0.15) is 5.26 Å². The summed E-state index contributed by atoms with van der Waals surface area (Å²) in [6.45, 7) is 0.279. The van der Waals surface area contributed by atoms with Crippen LogP contribution in [0.1, 0.15) is 17.2 Å². The van der Waals surface area contributed by atoms with Crippen molar-refractivity contribution in [3.63, 3.8) is 0 Å². The van der Waals surface area contributed by atoms with Crippen LogP contribution >= 0.6 is 0 Å². The molecular formula is C9H7FN2O. The Morgan fingerprint density at radius 1 is 1.62 bits per heavy atom. The summed E-state index contributed by atoms with van der Waals surface area (Å²) in [7, 11) is 0. The van der Waals surface area contributed by atoms with Gasteiger partial charge in [0.15, 0.2) is 11.6 Å². The Morgan fingerprint density at radius 2 is 2.38 bits per heavy atom. The molecule has 0 aromatic heterocycles. The molecule has 0 saturated heterocycles. The average Bonchev–Trinajstić information content (AvgIpc) is 2.48. The van der Waals surface area contributed by atoms with Crippen molar-refractivity contribution in [3.05, 3.63) is 29.1 Å². The van der Waals surface area contributed by atoms with Gasteiger partial charge in [-0.05, 0) is 12.1 Å². The highest BCUT2D eigenvalue weighted by Gasteiger charge is 2.24. The predicted molar refractivity (Wildman–Crippen MR) is 43.5 cm³/mol. The van der Waals surface area contributed by atoms with Gasteiger partial charge in [-0.1, -0.05) is 0 Å². The molecule has 13 heavy (non-hydrogen) atoms. The molecule has 0 bridgehead atoms. The molecule has 1 aliphatic rings. The number of nitrogens with zero attached hydrogens (tertiary/aromatic N) is 1. The van der Waals surface area contributed by atoms with Crippen molar-refractivity contribution in [2.24, 2.45) is 5.73 Å². The van der Waals surface area contributed by atoms with Gasteiger partial charge in [0.25, 0.3) is 0 Å². The van der Waals surface area contributed by atoms with Gasteiger partial charge in [0.05, 0.1) is 17.7 Å². The first-order valence-electron chi connectivity index (χ1n) is 3.84. The van der Waals surface area contributed by atoms with Crippen molar-refractivity contribution in [1.82, 2.24) is 0 Å². The average molecular weight is 178 g/mol. The van der Waals surface area contributed by atoms with Gasteiger partial charge in [0.1, 0.15) is 6.61 Å². The van der Waals surface area contributed by atoms with Crippen LogP contribution in [-0.2, 0) is 0 Å². The summed E-state index contributed by atoms with van der Waals surface area (Å²) in [6.07, 6.45) is 0. The Kier molecular flexibility index (Phi) is 1.67. The number of nitrogens with two attached hydrogens (primary N) is 1. The molecule has 2 N–H and O–H groups in total. The zero-order chi connectivity index (χ0) is 9.42. The van der Waals surface area contributed by atoms with Crippen LogP contribution in [0.15, 0.2) is 12.1 Å². The molecule has 1 aromatic carbocycles. The number of nitriles is 1. The molecule has 1 heterocycles. The van der Waals surface area contributed by atoms with E-state index in [4.69, 9.17) is 15.7 Å². The summed E-state index contributed by atoms with van der Waals surface area (Å²) in [5.41, 5.74) is 6.49. The largest absolute Gasteiger partial charge is 0.488 e. The van der Waals surface area contributed by atoms with E-state index in [1.807, 2.05) is 6.07 Å². The lowest BCUT2D eigenvalue weighted by Gasteiger charge is -2.01. The van der Waals surface area contributed by atoms with E-state index in [1.165, 1.54) is 0 Å². The van der Waals surface area contributed by atoms with E-state index in [9.17, 15) is 4.39 Å². The molecule has 0 aliphatic carbocycles. The van der Waals surface area contributed by atoms with Crippen LogP contribution in [0.2, 0.25) is 0 Å². The molecule has 0 spiro atoms. The predicted octanol–water partition coefficient (Wildman–Crippen LogP) is 1.09. The van der Waals surface area contributed by atoms with E-state index in [-0.39, 0.29) is 24.0 Å². The topological polar surface area (TPSA) is 59.0 Å². The lowest BCUT2D eigenvalue weighted by molar-refractivity contribution is 0.319. The van der Waals surface area contributed by atoms with E-state index >= 15 is 0 Å². The summed E-state index contributed by atoms with van der Waals surface area (Å²) in [5.74, 6) is -0.325. The van der Waals surface area contributed by atoms with Crippen molar-refractivity contribution in [1.29, 1.82) is 5.26 Å². The smallest absolute Gasteiger partial charge is 0.166 e. The lowest BCUT2D eigenvalue weighted by atomic mass is 10.1. The minimum Gasteiger partial charge on any atom is -0.488 e. The van der Waals surface area contributed by atoms with Gasteiger partial charge in [-0.25, -0.2) is 4.39 Å². The molecule has 0 radical (unpaired) electrons. The summed E-state index contributed by atoms with van der Waals surface area (Å²) < 4.78 is 18.2. The van der Waals surface area contributed by atoms with Crippen molar-refractivity contribution >= 4 is 0 Å². The fraction of sp³-hybridized carbons (Fsp3) is 0.222. The molecule has 3 nitrogen and oxygen atoms in total. The number of benzene rings is 1. The molecule has 2 rings (SSSR count). The van der Waals surface area contributed by atoms with Gasteiger partial charge < -0.3 is 10.5 Å². The second-order valence-corrected chi connectivity index (χ2v) is 2.91. The second kappa shape index (κ2) is 2.71. The molecule has 1 atom stereocenters. The van der Waals surface area contributed by atoms with Crippen LogP contribution in [0.4, 0.5) is 4.39 Å². The molecule has 0 amide bonds. The Hall–Kier alpha value is -1.60. The number of rotatable bonds is 0. The molecule has 0 fully saturated rings. The van der Waals surface area contributed by atoms with Gasteiger partial charge >= 0.3 is 0 Å². The third kappa shape index (κ3) is 1.14. The van der Waals surface area contributed by atoms with E-state index in [1.54, 1.807) is 6.07 Å². The molecule has 1 aliphatic heterocycles. The van der Waals surface area contributed by atoms with Crippen LogP contribution in [0.5, 0.6) is 5.75 Å². The van der Waals surface area contributed by atoms with Crippen molar-refractivity contribution in [3.8, 4) is 11.8 Å². The number of halogens is 1. The van der Waals surface area contributed by atoms with Crippen LogP contribution in [0, 0.1) is 17.1 Å². The summed E-state index contributed by atoms with van der Waals surface area (Å²) in [6, 6.07) is 4.26. The van der Waals surface area contributed by atoms with Crippen LogP contribution in [0.3, 0.4) is 0 Å². The third-order valence-electron chi connectivity index (χ3n) is 2.01. The third-order valence-corrected chi connectivity index (χ3v) is 2.01. The van der Waals surface area contributed by atoms with Crippen molar-refractivity contribution in [2.45, 2.75) is 6.04 Å². The SMILES string of the molecule is N#Cc1cc(F)c2c(c1)C(N)CO2. The minimum atomic E-state index is -0.512. The van der Waals surface area contributed by atoms with E-state index < -0.39 is 5.82 Å². The molecule has 1 aromatic rings. The summed E-state index contributed by atoms with van der Waals surface area (Å²) in [5, 5.41) is 8.58. The van der Waals surface area contributed by atoms with E-state index in [2.05, 4.69) is 0 Å². The zero-order valence-corrected chi connectivity index (χ0v) is 6.75. The first-order valence-corrected chi connectivity index (χ1v) is 3.84. The fourth-order valence-electron chi connectivity index (χ4n) is 1.37. The molecule has 66 valence electrons. The van der Waals surface area contributed by atoms with Crippen LogP contribution < -0.4 is 10.5 Å². The fourth-order valence-corrected chi connectivity index (χ4v) is 1.37. The maximum Gasteiger partial charge on any atom is 0.166 e. The number of ether oxygens (including phenoxy) is 1. The monoisotopic (exact) mass is 178 g/mol. The highest BCUT2D eigenvalue weighted by atomic mass is 19.1. The molecular weight excluding hydrogens is 171 g/mol. The molecule has 1 unspecified atom stereocenters. The standard InChI is InChI=1S/C9H7FN2O/c10-7-2-5(3-11)1-6-8(12)4-13-9(6)7/h1-2,8H,4,12H2. The Balaban J connectivity index is 2.61. The summed E-state index contributed by atoms with van der Waals surface area (Å²) in [4.78, 5) is 0. The van der Waals surface area contributed by atoms with Crippen molar-refractivity contribution in [2.75, 3.05) is 6.61 Å². The Morgan fingerprint density at radius 3 is 3.08 bits per heavy atom. The van der Waals surface area contributed by atoms with Gasteiger partial charge in [0, 0.05) is 5.56 Å². The van der Waals surface area contributed by atoms with E-state index in [0.29, 0.717) is 5.56 Å².